The predicted octanol–water partition coefficient (Wildman–Crippen LogP) is 3.10. The maximum atomic E-state index is 11.8. The summed E-state index contributed by atoms with van der Waals surface area (Å²) in [7, 11) is -5.51. The van der Waals surface area contributed by atoms with E-state index in [1.807, 2.05) is 29.3 Å². The van der Waals surface area contributed by atoms with E-state index in [-0.39, 0.29) is 15.8 Å². The van der Waals surface area contributed by atoms with Crippen molar-refractivity contribution < 1.29 is 21.6 Å². The lowest BCUT2D eigenvalue weighted by Crippen LogP contribution is -2.19. The van der Waals surface area contributed by atoms with Crippen molar-refractivity contribution in [2.24, 2.45) is 10.2 Å². The molecule has 4 rings (SSSR count). The second-order valence-electron chi connectivity index (χ2n) is 7.72. The standard InChI is InChI=1S/C23H23N3O5S2/c1-31-19-5-3-4-17(14-19)23-15-22(16-6-10-20(11-7-16)32(2,27)28)25-26(23)18-8-12-21(13-9-18)33(24,29)30/h3-14,23H,15H2,1-2H3,(H2,24,29,30). The van der Waals surface area contributed by atoms with E-state index in [1.54, 1.807) is 43.5 Å². The molecule has 8 nitrogen and oxygen atoms in total. The molecule has 33 heavy (non-hydrogen) atoms. The van der Waals surface area contributed by atoms with Gasteiger partial charge in [0.1, 0.15) is 5.75 Å². The fourth-order valence-electron chi connectivity index (χ4n) is 3.71. The van der Waals surface area contributed by atoms with Crippen LogP contribution in [0.15, 0.2) is 87.7 Å². The number of primary sulfonamides is 1. The molecule has 0 bridgehead atoms. The minimum atomic E-state index is -3.81. The highest BCUT2D eigenvalue weighted by atomic mass is 32.2. The summed E-state index contributed by atoms with van der Waals surface area (Å²) in [4.78, 5) is 0.258. The summed E-state index contributed by atoms with van der Waals surface area (Å²) < 4.78 is 52.2. The number of anilines is 1. The Labute approximate surface area is 193 Å². The number of hydrogen-bond acceptors (Lipinski definition) is 7. The summed E-state index contributed by atoms with van der Waals surface area (Å²) >= 11 is 0. The van der Waals surface area contributed by atoms with Crippen molar-refractivity contribution in [3.8, 4) is 5.75 Å². The van der Waals surface area contributed by atoms with Crippen LogP contribution in [0.4, 0.5) is 5.69 Å². The largest absolute Gasteiger partial charge is 0.497 e. The predicted molar refractivity (Wildman–Crippen MR) is 127 cm³/mol. The van der Waals surface area contributed by atoms with Crippen molar-refractivity contribution >= 4 is 31.3 Å². The molecule has 3 aromatic rings. The molecule has 0 aliphatic carbocycles. The second kappa shape index (κ2) is 8.62. The van der Waals surface area contributed by atoms with Gasteiger partial charge in [-0.3, -0.25) is 5.01 Å². The first-order valence-electron chi connectivity index (χ1n) is 10.0. The zero-order valence-corrected chi connectivity index (χ0v) is 19.7. The number of hydrogen-bond donors (Lipinski definition) is 1. The normalized spacial score (nSPS) is 16.5. The van der Waals surface area contributed by atoms with Gasteiger partial charge in [-0.2, -0.15) is 5.10 Å². The van der Waals surface area contributed by atoms with E-state index in [2.05, 4.69) is 0 Å². The number of hydrazone groups is 1. The minimum Gasteiger partial charge on any atom is -0.497 e. The Balaban J connectivity index is 1.75. The van der Waals surface area contributed by atoms with Crippen LogP contribution in [0, 0.1) is 0 Å². The third-order valence-corrected chi connectivity index (χ3v) is 7.49. The molecule has 0 saturated heterocycles. The number of sulfone groups is 1. The zero-order chi connectivity index (χ0) is 23.8. The highest BCUT2D eigenvalue weighted by molar-refractivity contribution is 7.90. The van der Waals surface area contributed by atoms with Crippen LogP contribution >= 0.6 is 0 Å². The summed E-state index contributed by atoms with van der Waals surface area (Å²) in [5.74, 6) is 0.711. The van der Waals surface area contributed by atoms with E-state index in [0.29, 0.717) is 17.9 Å². The number of nitrogens with zero attached hydrogens (tertiary/aromatic N) is 2. The van der Waals surface area contributed by atoms with Crippen LogP contribution in [0.3, 0.4) is 0 Å². The first-order valence-corrected chi connectivity index (χ1v) is 13.4. The van der Waals surface area contributed by atoms with Crippen molar-refractivity contribution in [2.75, 3.05) is 18.4 Å². The number of methoxy groups -OCH3 is 1. The summed E-state index contributed by atoms with van der Waals surface area (Å²) in [5.41, 5.74) is 3.24. The smallest absolute Gasteiger partial charge is 0.238 e. The van der Waals surface area contributed by atoms with E-state index in [4.69, 9.17) is 15.0 Å². The maximum Gasteiger partial charge on any atom is 0.238 e. The third-order valence-electron chi connectivity index (χ3n) is 5.43. The van der Waals surface area contributed by atoms with Crippen LogP contribution in [0.1, 0.15) is 23.6 Å². The highest BCUT2D eigenvalue weighted by Gasteiger charge is 2.30. The van der Waals surface area contributed by atoms with E-state index >= 15 is 0 Å². The molecule has 0 amide bonds. The first-order chi connectivity index (χ1) is 15.6. The number of ether oxygens (including phenoxy) is 1. The van der Waals surface area contributed by atoms with Gasteiger partial charge < -0.3 is 4.74 Å². The van der Waals surface area contributed by atoms with Gasteiger partial charge in [0.15, 0.2) is 9.84 Å². The molecule has 1 aliphatic heterocycles. The molecule has 1 atom stereocenters. The molecule has 1 heterocycles. The van der Waals surface area contributed by atoms with Crippen LogP contribution in [0.2, 0.25) is 0 Å². The number of sulfonamides is 1. The lowest BCUT2D eigenvalue weighted by atomic mass is 9.98. The average Bonchev–Trinajstić information content (AvgIpc) is 3.24. The Hall–Kier alpha value is -3.21. The average molecular weight is 486 g/mol. The fraction of sp³-hybridized carbons (Fsp3) is 0.174. The number of rotatable bonds is 6. The van der Waals surface area contributed by atoms with Crippen molar-refractivity contribution in [2.45, 2.75) is 22.3 Å². The summed E-state index contributed by atoms with van der Waals surface area (Å²) in [6.45, 7) is 0. The molecule has 10 heteroatoms. The monoisotopic (exact) mass is 485 g/mol. The maximum absolute atomic E-state index is 11.8. The van der Waals surface area contributed by atoms with Gasteiger partial charge in [-0.15, -0.1) is 0 Å². The van der Waals surface area contributed by atoms with E-state index in [9.17, 15) is 16.8 Å². The van der Waals surface area contributed by atoms with Crippen LogP contribution in [-0.4, -0.2) is 35.9 Å². The van der Waals surface area contributed by atoms with Gasteiger partial charge >= 0.3 is 0 Å². The van der Waals surface area contributed by atoms with E-state index in [1.165, 1.54) is 18.4 Å². The van der Waals surface area contributed by atoms with Crippen LogP contribution in [0.5, 0.6) is 5.75 Å². The molecule has 0 spiro atoms. The van der Waals surface area contributed by atoms with Gasteiger partial charge in [-0.05, 0) is 59.7 Å². The van der Waals surface area contributed by atoms with E-state index in [0.717, 1.165) is 16.8 Å². The molecular weight excluding hydrogens is 462 g/mol. The van der Waals surface area contributed by atoms with Gasteiger partial charge in [0.25, 0.3) is 0 Å². The first kappa shape index (κ1) is 23.0. The van der Waals surface area contributed by atoms with Crippen molar-refractivity contribution in [1.29, 1.82) is 0 Å². The third kappa shape index (κ3) is 4.92. The Kier molecular flexibility index (Phi) is 6.00. The van der Waals surface area contributed by atoms with Crippen molar-refractivity contribution in [3.63, 3.8) is 0 Å². The van der Waals surface area contributed by atoms with Crippen LogP contribution in [-0.2, 0) is 19.9 Å². The fourth-order valence-corrected chi connectivity index (χ4v) is 4.86. The van der Waals surface area contributed by atoms with Crippen molar-refractivity contribution in [1.82, 2.24) is 0 Å². The van der Waals surface area contributed by atoms with E-state index < -0.39 is 19.9 Å². The van der Waals surface area contributed by atoms with Gasteiger partial charge in [-0.1, -0.05) is 24.3 Å². The summed E-state index contributed by atoms with van der Waals surface area (Å²) in [6.07, 6.45) is 1.73. The molecule has 172 valence electrons. The van der Waals surface area contributed by atoms with Crippen LogP contribution in [0.25, 0.3) is 0 Å². The van der Waals surface area contributed by atoms with Crippen molar-refractivity contribution in [3.05, 3.63) is 83.9 Å². The summed E-state index contributed by atoms with van der Waals surface area (Å²) in [6, 6.07) is 20.3. The highest BCUT2D eigenvalue weighted by Crippen LogP contribution is 2.38. The molecule has 0 saturated carbocycles. The summed E-state index contributed by atoms with van der Waals surface area (Å²) in [5, 5.41) is 11.9. The quantitative estimate of drug-likeness (QED) is 0.573. The van der Waals surface area contributed by atoms with Gasteiger partial charge in [0, 0.05) is 12.7 Å². The Morgan fingerprint density at radius 3 is 2.15 bits per heavy atom. The van der Waals surface area contributed by atoms with Gasteiger partial charge in [0.05, 0.1) is 34.3 Å². The Bertz CT molecular complexity index is 1420. The minimum absolute atomic E-state index is 0.0175. The molecular formula is C23H23N3O5S2. The number of nitrogens with two attached hydrogens (primary N) is 1. The molecule has 2 N–H and O–H groups in total. The molecule has 0 fully saturated rings. The molecule has 0 radical (unpaired) electrons. The second-order valence-corrected chi connectivity index (χ2v) is 11.3. The molecule has 1 unspecified atom stereocenters. The van der Waals surface area contributed by atoms with Gasteiger partial charge in [-0.25, -0.2) is 22.0 Å². The lowest BCUT2D eigenvalue weighted by molar-refractivity contribution is 0.414. The lowest BCUT2D eigenvalue weighted by Gasteiger charge is -2.24. The molecule has 1 aliphatic rings. The topological polar surface area (TPSA) is 119 Å². The van der Waals surface area contributed by atoms with Crippen LogP contribution < -0.4 is 14.9 Å². The SMILES string of the molecule is COc1cccc(C2CC(c3ccc(S(C)(=O)=O)cc3)=NN2c2ccc(S(N)(=O)=O)cc2)c1. The zero-order valence-electron chi connectivity index (χ0n) is 18.0. The Morgan fingerprint density at radius 1 is 0.939 bits per heavy atom. The number of benzene rings is 3. The Morgan fingerprint density at radius 2 is 1.58 bits per heavy atom. The van der Waals surface area contributed by atoms with Gasteiger partial charge in [0.2, 0.25) is 10.0 Å². The molecule has 0 aromatic heterocycles. The molecule has 3 aromatic carbocycles.